The monoisotopic (exact) mass is 568 g/mol. The number of thioether (sulfide) groups is 1. The van der Waals surface area contributed by atoms with Gasteiger partial charge in [-0.1, -0.05) is 38.5 Å². The molecule has 2 aliphatic carbocycles. The number of amidine groups is 1. The molecule has 0 unspecified atom stereocenters. The van der Waals surface area contributed by atoms with Crippen LogP contribution in [-0.2, 0) is 4.79 Å². The van der Waals surface area contributed by atoms with Crippen LogP contribution in [0.1, 0.15) is 76.7 Å². The highest BCUT2D eigenvalue weighted by molar-refractivity contribution is 9.11. The largest absolute Gasteiger partial charge is 0.492 e. The van der Waals surface area contributed by atoms with Crippen LogP contribution in [0.3, 0.4) is 0 Å². The molecule has 168 valence electrons. The molecule has 0 atom stereocenters. The van der Waals surface area contributed by atoms with Crippen molar-refractivity contribution in [2.75, 3.05) is 6.61 Å². The molecule has 2 saturated carbocycles. The Bertz CT molecular complexity index is 851. The Kier molecular flexibility index (Phi) is 8.21. The molecule has 1 aromatic carbocycles. The number of halogens is 2. The van der Waals surface area contributed by atoms with Crippen LogP contribution < -0.4 is 4.74 Å². The second-order valence-corrected chi connectivity index (χ2v) is 11.2. The zero-order valence-corrected chi connectivity index (χ0v) is 22.0. The number of hydrogen-bond acceptors (Lipinski definition) is 4. The van der Waals surface area contributed by atoms with Crippen molar-refractivity contribution in [2.45, 2.75) is 83.2 Å². The molecule has 1 heterocycles. The standard InChI is InChI=1S/C24H30Br2N2O2S/c1-2-30-22-19(25)13-16(14-20(22)26)15-21-23(29)28(18-11-7-4-8-12-18)24(31-21)27-17-9-5-3-6-10-17/h13-15,17-18H,2-12H2,1H3. The molecule has 0 aromatic heterocycles. The highest BCUT2D eigenvalue weighted by Crippen LogP contribution is 2.40. The third-order valence-electron chi connectivity index (χ3n) is 6.25. The maximum Gasteiger partial charge on any atom is 0.266 e. The first-order valence-corrected chi connectivity index (χ1v) is 13.9. The van der Waals surface area contributed by atoms with E-state index in [-0.39, 0.29) is 5.91 Å². The van der Waals surface area contributed by atoms with E-state index in [0.29, 0.717) is 18.7 Å². The molecule has 3 fully saturated rings. The van der Waals surface area contributed by atoms with Gasteiger partial charge in [0.2, 0.25) is 0 Å². The number of amides is 1. The Balaban J connectivity index is 1.63. The third kappa shape index (κ3) is 5.59. The van der Waals surface area contributed by atoms with Crippen LogP contribution in [0.25, 0.3) is 6.08 Å². The molecule has 1 amide bonds. The summed E-state index contributed by atoms with van der Waals surface area (Å²) in [5, 5.41) is 0.930. The number of carbonyl (C=O) groups excluding carboxylic acids is 1. The lowest BCUT2D eigenvalue weighted by atomic mass is 9.94. The molecular formula is C24H30Br2N2O2S. The van der Waals surface area contributed by atoms with E-state index in [9.17, 15) is 4.79 Å². The average molecular weight is 570 g/mol. The molecule has 4 rings (SSSR count). The third-order valence-corrected chi connectivity index (χ3v) is 8.43. The summed E-state index contributed by atoms with van der Waals surface area (Å²) in [5.41, 5.74) is 0.973. The topological polar surface area (TPSA) is 41.9 Å². The molecule has 0 spiro atoms. The minimum atomic E-state index is 0.118. The number of carbonyl (C=O) groups is 1. The molecule has 3 aliphatic rings. The van der Waals surface area contributed by atoms with Crippen molar-refractivity contribution in [3.63, 3.8) is 0 Å². The zero-order chi connectivity index (χ0) is 21.8. The molecule has 0 N–H and O–H groups in total. The molecule has 1 saturated heterocycles. The summed E-state index contributed by atoms with van der Waals surface area (Å²) < 4.78 is 7.46. The lowest BCUT2D eigenvalue weighted by molar-refractivity contribution is -0.124. The summed E-state index contributed by atoms with van der Waals surface area (Å²) in [6, 6.07) is 4.68. The van der Waals surface area contributed by atoms with Crippen molar-refractivity contribution in [1.82, 2.24) is 4.90 Å². The lowest BCUT2D eigenvalue weighted by Gasteiger charge is -2.31. The van der Waals surface area contributed by atoms with Crippen LogP contribution >= 0.6 is 43.6 Å². The molecule has 1 aromatic rings. The van der Waals surface area contributed by atoms with Gasteiger partial charge in [0, 0.05) is 6.04 Å². The zero-order valence-electron chi connectivity index (χ0n) is 18.0. The van der Waals surface area contributed by atoms with Gasteiger partial charge < -0.3 is 4.74 Å². The quantitative estimate of drug-likeness (QED) is 0.344. The van der Waals surface area contributed by atoms with E-state index in [2.05, 4.69) is 31.9 Å². The van der Waals surface area contributed by atoms with Crippen LogP contribution in [0.15, 0.2) is 31.0 Å². The van der Waals surface area contributed by atoms with Crippen molar-refractivity contribution < 1.29 is 9.53 Å². The van der Waals surface area contributed by atoms with Crippen LogP contribution in [0.2, 0.25) is 0 Å². The predicted molar refractivity (Wildman–Crippen MR) is 137 cm³/mol. The van der Waals surface area contributed by atoms with Gasteiger partial charge >= 0.3 is 0 Å². The van der Waals surface area contributed by atoms with Crippen molar-refractivity contribution in [3.8, 4) is 5.75 Å². The highest BCUT2D eigenvalue weighted by atomic mass is 79.9. The minimum Gasteiger partial charge on any atom is -0.492 e. The van der Waals surface area contributed by atoms with Crippen molar-refractivity contribution >= 4 is 60.8 Å². The summed E-state index contributed by atoms with van der Waals surface area (Å²) in [7, 11) is 0. The number of nitrogens with zero attached hydrogens (tertiary/aromatic N) is 2. The van der Waals surface area contributed by atoms with Gasteiger partial charge in [-0.05, 0) is 100 Å². The smallest absolute Gasteiger partial charge is 0.266 e. The Hall–Kier alpha value is -0.790. The van der Waals surface area contributed by atoms with Crippen LogP contribution in [-0.4, -0.2) is 34.7 Å². The first kappa shape index (κ1) is 23.4. The van der Waals surface area contributed by atoms with Gasteiger partial charge in [0.25, 0.3) is 5.91 Å². The van der Waals surface area contributed by atoms with Gasteiger partial charge in [0.15, 0.2) is 5.17 Å². The summed E-state index contributed by atoms with van der Waals surface area (Å²) >= 11 is 8.77. The normalized spacial score (nSPS) is 23.8. The second-order valence-electron chi connectivity index (χ2n) is 8.53. The number of hydrogen-bond donors (Lipinski definition) is 0. The molecule has 1 aliphatic heterocycles. The molecule has 4 nitrogen and oxygen atoms in total. The van der Waals surface area contributed by atoms with Crippen LogP contribution in [0.4, 0.5) is 0 Å². The van der Waals surface area contributed by atoms with Crippen molar-refractivity contribution in [3.05, 3.63) is 31.5 Å². The predicted octanol–water partition coefficient (Wildman–Crippen LogP) is 7.55. The summed E-state index contributed by atoms with van der Waals surface area (Å²) in [5.74, 6) is 0.908. The maximum absolute atomic E-state index is 13.5. The van der Waals surface area contributed by atoms with E-state index in [0.717, 1.165) is 56.0 Å². The highest BCUT2D eigenvalue weighted by Gasteiger charge is 2.39. The minimum absolute atomic E-state index is 0.118. The molecule has 0 radical (unpaired) electrons. The van der Waals surface area contributed by atoms with Gasteiger partial charge in [-0.2, -0.15) is 0 Å². The van der Waals surface area contributed by atoms with Gasteiger partial charge in [-0.15, -0.1) is 0 Å². The fraction of sp³-hybridized carbons (Fsp3) is 0.583. The van der Waals surface area contributed by atoms with Crippen LogP contribution in [0, 0.1) is 0 Å². The van der Waals surface area contributed by atoms with E-state index in [1.807, 2.05) is 30.0 Å². The maximum atomic E-state index is 13.5. The number of aliphatic imine (C=N–C) groups is 1. The molecule has 7 heteroatoms. The average Bonchev–Trinajstić information content (AvgIpc) is 3.06. The number of benzene rings is 1. The summed E-state index contributed by atoms with van der Waals surface area (Å²) in [6.45, 7) is 2.57. The Morgan fingerprint density at radius 2 is 1.68 bits per heavy atom. The van der Waals surface area contributed by atoms with E-state index in [4.69, 9.17) is 9.73 Å². The van der Waals surface area contributed by atoms with E-state index < -0.39 is 0 Å². The fourth-order valence-corrected chi connectivity index (χ4v) is 7.26. The summed E-state index contributed by atoms with van der Waals surface area (Å²) in [4.78, 5) is 21.4. The second kappa shape index (κ2) is 10.9. The van der Waals surface area contributed by atoms with E-state index >= 15 is 0 Å². The SMILES string of the molecule is CCOc1c(Br)cc(C=C2SC(=NC3CCCCC3)N(C3CCCCC3)C2=O)cc1Br. The summed E-state index contributed by atoms with van der Waals surface area (Å²) in [6.07, 6.45) is 14.0. The van der Waals surface area contributed by atoms with Gasteiger partial charge in [0.1, 0.15) is 5.75 Å². The van der Waals surface area contributed by atoms with E-state index in [1.165, 1.54) is 38.5 Å². The Labute approximate surface area is 206 Å². The molecule has 0 bridgehead atoms. The van der Waals surface area contributed by atoms with Crippen molar-refractivity contribution in [1.29, 1.82) is 0 Å². The fourth-order valence-electron chi connectivity index (χ4n) is 4.70. The number of rotatable bonds is 5. The first-order chi connectivity index (χ1) is 15.1. The Morgan fingerprint density at radius 1 is 1.06 bits per heavy atom. The van der Waals surface area contributed by atoms with Gasteiger partial charge in [0.05, 0.1) is 26.5 Å². The van der Waals surface area contributed by atoms with Crippen LogP contribution in [0.5, 0.6) is 5.75 Å². The van der Waals surface area contributed by atoms with E-state index in [1.54, 1.807) is 11.8 Å². The lowest BCUT2D eigenvalue weighted by Crippen LogP contribution is -2.41. The Morgan fingerprint density at radius 3 is 2.29 bits per heavy atom. The number of ether oxygens (including phenoxy) is 1. The molecule has 31 heavy (non-hydrogen) atoms. The molecular weight excluding hydrogens is 540 g/mol. The van der Waals surface area contributed by atoms with Gasteiger partial charge in [-0.3, -0.25) is 14.7 Å². The van der Waals surface area contributed by atoms with Gasteiger partial charge in [-0.25, -0.2) is 0 Å². The van der Waals surface area contributed by atoms with Crippen molar-refractivity contribution in [2.24, 2.45) is 4.99 Å². The first-order valence-electron chi connectivity index (χ1n) is 11.5.